The number of nitrogens with two attached hydrogens (primary N) is 1. The molecular formula is C12H18N4O. The van der Waals surface area contributed by atoms with Crippen molar-refractivity contribution in [1.82, 2.24) is 9.88 Å². The van der Waals surface area contributed by atoms with E-state index in [9.17, 15) is 4.79 Å². The van der Waals surface area contributed by atoms with Crippen molar-refractivity contribution in [2.45, 2.75) is 19.3 Å². The molecule has 1 heterocycles. The molecular weight excluding hydrogens is 216 g/mol. The highest BCUT2D eigenvalue weighted by molar-refractivity contribution is 5.98. The summed E-state index contributed by atoms with van der Waals surface area (Å²) in [7, 11) is 1.83. The molecule has 17 heavy (non-hydrogen) atoms. The molecule has 1 saturated carbocycles. The van der Waals surface area contributed by atoms with Gasteiger partial charge in [-0.2, -0.15) is 0 Å². The number of amides is 1. The monoisotopic (exact) mass is 234 g/mol. The number of rotatable bonds is 4. The van der Waals surface area contributed by atoms with E-state index in [1.54, 1.807) is 23.2 Å². The van der Waals surface area contributed by atoms with Crippen molar-refractivity contribution in [2.24, 2.45) is 11.8 Å². The van der Waals surface area contributed by atoms with E-state index < -0.39 is 0 Å². The van der Waals surface area contributed by atoms with Gasteiger partial charge in [-0.05, 0) is 30.9 Å². The zero-order valence-corrected chi connectivity index (χ0v) is 10.0. The molecule has 2 rings (SSSR count). The smallest absolute Gasteiger partial charge is 0.257 e. The molecule has 1 amide bonds. The fourth-order valence-corrected chi connectivity index (χ4v) is 2.04. The lowest BCUT2D eigenvalue weighted by atomic mass is 9.85. The summed E-state index contributed by atoms with van der Waals surface area (Å²) in [6.07, 6.45) is 5.35. The van der Waals surface area contributed by atoms with Crippen LogP contribution < -0.4 is 11.3 Å². The lowest BCUT2D eigenvalue weighted by Crippen LogP contribution is -2.35. The number of hydrogen-bond donors (Lipinski definition) is 2. The van der Waals surface area contributed by atoms with E-state index in [-0.39, 0.29) is 5.91 Å². The summed E-state index contributed by atoms with van der Waals surface area (Å²) in [6, 6.07) is 3.48. The van der Waals surface area contributed by atoms with Crippen LogP contribution in [-0.2, 0) is 0 Å². The zero-order chi connectivity index (χ0) is 12.3. The second-order valence-corrected chi connectivity index (χ2v) is 4.53. The highest BCUT2D eigenvalue weighted by atomic mass is 16.2. The zero-order valence-electron chi connectivity index (χ0n) is 10.0. The maximum absolute atomic E-state index is 12.2. The van der Waals surface area contributed by atoms with E-state index in [2.05, 4.69) is 10.4 Å². The molecule has 3 N–H and O–H groups in total. The Bertz CT molecular complexity index is 403. The molecule has 1 aromatic heterocycles. The van der Waals surface area contributed by atoms with Gasteiger partial charge in [-0.1, -0.05) is 6.42 Å². The molecule has 0 bridgehead atoms. The third-order valence-electron chi connectivity index (χ3n) is 3.28. The molecule has 92 valence electrons. The van der Waals surface area contributed by atoms with Crippen LogP contribution in [0.4, 0.5) is 5.82 Å². The van der Waals surface area contributed by atoms with Crippen LogP contribution in [0, 0.1) is 5.92 Å². The number of aromatic nitrogens is 1. The van der Waals surface area contributed by atoms with Crippen molar-refractivity contribution < 1.29 is 4.79 Å². The van der Waals surface area contributed by atoms with Crippen LogP contribution in [0.3, 0.4) is 0 Å². The minimum atomic E-state index is -0.0297. The summed E-state index contributed by atoms with van der Waals surface area (Å²) in [5, 5.41) is 0. The molecule has 5 heteroatoms. The largest absolute Gasteiger partial charge is 0.341 e. The number of hydrazine groups is 1. The van der Waals surface area contributed by atoms with Crippen LogP contribution in [0.5, 0.6) is 0 Å². The van der Waals surface area contributed by atoms with Crippen LogP contribution >= 0.6 is 0 Å². The summed E-state index contributed by atoms with van der Waals surface area (Å²) in [5.41, 5.74) is 2.98. The molecule has 0 radical (unpaired) electrons. The standard InChI is InChI=1S/C12H18N4O/c1-16(8-9-4-2-5-9)12(17)10-6-3-7-14-11(10)15-13/h3,6-7,9H,2,4-5,8,13H2,1H3,(H,14,15). The van der Waals surface area contributed by atoms with Gasteiger partial charge in [-0.15, -0.1) is 0 Å². The van der Waals surface area contributed by atoms with E-state index in [4.69, 9.17) is 5.84 Å². The van der Waals surface area contributed by atoms with Gasteiger partial charge in [-0.3, -0.25) is 4.79 Å². The first-order chi connectivity index (χ1) is 8.22. The maximum atomic E-state index is 12.2. The quantitative estimate of drug-likeness (QED) is 0.607. The Morgan fingerprint density at radius 1 is 1.65 bits per heavy atom. The second-order valence-electron chi connectivity index (χ2n) is 4.53. The SMILES string of the molecule is CN(CC1CCC1)C(=O)c1cccnc1NN. The van der Waals surface area contributed by atoms with Gasteiger partial charge in [0.2, 0.25) is 0 Å². The number of pyridine rings is 1. The first-order valence-electron chi connectivity index (χ1n) is 5.89. The normalized spacial score (nSPS) is 15.2. The molecule has 5 nitrogen and oxygen atoms in total. The number of carbonyl (C=O) groups is 1. The molecule has 0 saturated heterocycles. The lowest BCUT2D eigenvalue weighted by molar-refractivity contribution is 0.0746. The minimum absolute atomic E-state index is 0.0297. The van der Waals surface area contributed by atoms with E-state index in [0.717, 1.165) is 6.54 Å². The maximum Gasteiger partial charge on any atom is 0.257 e. The van der Waals surface area contributed by atoms with Crippen molar-refractivity contribution in [3.05, 3.63) is 23.9 Å². The Labute approximate surface area is 101 Å². The van der Waals surface area contributed by atoms with Crippen LogP contribution in [0.25, 0.3) is 0 Å². The van der Waals surface area contributed by atoms with Gasteiger partial charge in [0, 0.05) is 19.8 Å². The highest BCUT2D eigenvalue weighted by Crippen LogP contribution is 2.27. The molecule has 1 aromatic rings. The van der Waals surface area contributed by atoms with Crippen molar-refractivity contribution in [2.75, 3.05) is 19.0 Å². The third kappa shape index (κ3) is 2.55. The summed E-state index contributed by atoms with van der Waals surface area (Å²) in [4.78, 5) is 18.0. The Kier molecular flexibility index (Phi) is 3.58. The number of nitrogens with zero attached hydrogens (tertiary/aromatic N) is 2. The molecule has 0 spiro atoms. The fourth-order valence-electron chi connectivity index (χ4n) is 2.04. The average Bonchev–Trinajstić information content (AvgIpc) is 2.32. The summed E-state index contributed by atoms with van der Waals surface area (Å²) in [6.45, 7) is 0.817. The molecule has 1 aliphatic carbocycles. The Hall–Kier alpha value is -1.62. The van der Waals surface area contributed by atoms with E-state index in [1.165, 1.54) is 19.3 Å². The first-order valence-corrected chi connectivity index (χ1v) is 5.89. The molecule has 1 fully saturated rings. The van der Waals surface area contributed by atoms with Crippen LogP contribution in [0.15, 0.2) is 18.3 Å². The lowest BCUT2D eigenvalue weighted by Gasteiger charge is -2.30. The average molecular weight is 234 g/mol. The van der Waals surface area contributed by atoms with Crippen molar-refractivity contribution in [3.63, 3.8) is 0 Å². The molecule has 0 atom stereocenters. The number of hydrogen-bond acceptors (Lipinski definition) is 4. The van der Waals surface area contributed by atoms with Crippen molar-refractivity contribution in [1.29, 1.82) is 0 Å². The van der Waals surface area contributed by atoms with E-state index >= 15 is 0 Å². The number of carbonyl (C=O) groups excluding carboxylic acids is 1. The van der Waals surface area contributed by atoms with Gasteiger partial charge in [0.05, 0.1) is 5.56 Å². The number of nitrogen functional groups attached to an aromatic ring is 1. The predicted molar refractivity (Wildman–Crippen MR) is 66.3 cm³/mol. The van der Waals surface area contributed by atoms with Crippen LogP contribution in [-0.4, -0.2) is 29.4 Å². The number of nitrogens with one attached hydrogen (secondary N) is 1. The highest BCUT2D eigenvalue weighted by Gasteiger charge is 2.23. The Morgan fingerprint density at radius 2 is 2.41 bits per heavy atom. The Balaban J connectivity index is 2.06. The van der Waals surface area contributed by atoms with Crippen LogP contribution in [0.1, 0.15) is 29.6 Å². The summed E-state index contributed by atoms with van der Waals surface area (Å²) < 4.78 is 0. The van der Waals surface area contributed by atoms with Crippen molar-refractivity contribution >= 4 is 11.7 Å². The molecule has 0 aliphatic heterocycles. The molecule has 0 aromatic carbocycles. The third-order valence-corrected chi connectivity index (χ3v) is 3.28. The van der Waals surface area contributed by atoms with Gasteiger partial charge in [0.25, 0.3) is 5.91 Å². The molecule has 0 unspecified atom stereocenters. The molecule has 1 aliphatic rings. The van der Waals surface area contributed by atoms with Crippen LogP contribution in [0.2, 0.25) is 0 Å². The predicted octanol–water partition coefficient (Wildman–Crippen LogP) is 1.24. The summed E-state index contributed by atoms with van der Waals surface area (Å²) >= 11 is 0. The van der Waals surface area contributed by atoms with E-state index in [1.807, 2.05) is 7.05 Å². The van der Waals surface area contributed by atoms with Gasteiger partial charge >= 0.3 is 0 Å². The van der Waals surface area contributed by atoms with Crippen molar-refractivity contribution in [3.8, 4) is 0 Å². The summed E-state index contributed by atoms with van der Waals surface area (Å²) in [5.74, 6) is 6.40. The topological polar surface area (TPSA) is 71.2 Å². The fraction of sp³-hybridized carbons (Fsp3) is 0.500. The van der Waals surface area contributed by atoms with E-state index in [0.29, 0.717) is 17.3 Å². The number of anilines is 1. The second kappa shape index (κ2) is 5.14. The Morgan fingerprint density at radius 3 is 3.00 bits per heavy atom. The van der Waals surface area contributed by atoms with Gasteiger partial charge in [0.15, 0.2) is 5.82 Å². The first kappa shape index (κ1) is 11.9. The minimum Gasteiger partial charge on any atom is -0.341 e. The van der Waals surface area contributed by atoms with Gasteiger partial charge in [0.1, 0.15) is 0 Å². The van der Waals surface area contributed by atoms with Gasteiger partial charge < -0.3 is 10.3 Å². The van der Waals surface area contributed by atoms with Gasteiger partial charge in [-0.25, -0.2) is 10.8 Å².